The molecule has 1 unspecified atom stereocenters. The lowest BCUT2D eigenvalue weighted by molar-refractivity contribution is -0.0288. The first-order valence-corrected chi connectivity index (χ1v) is 7.25. The van der Waals surface area contributed by atoms with Crippen LogP contribution in [-0.4, -0.2) is 47.4 Å². The molecule has 1 atom stereocenters. The normalized spacial score (nSPS) is 19.8. The zero-order valence-electron chi connectivity index (χ0n) is 11.5. The minimum atomic E-state index is 0.0778. The summed E-state index contributed by atoms with van der Waals surface area (Å²) in [6.07, 6.45) is 0.0778. The summed E-state index contributed by atoms with van der Waals surface area (Å²) in [7, 11) is 0. The fraction of sp³-hybridized carbons (Fsp3) is 0.429. The number of ether oxygens (including phenoxy) is 1. The van der Waals surface area contributed by atoms with Gasteiger partial charge < -0.3 is 15.0 Å². The standard InChI is InChI=1S/C14H17ClN4O2/c15-11-3-1-2-10(6-11)14-17-13(21-18-14)9-19-4-5-20-12(7-16)8-19/h1-3,6,12H,4-5,7-9,16H2. The maximum Gasteiger partial charge on any atom is 0.241 e. The van der Waals surface area contributed by atoms with Gasteiger partial charge in [0.1, 0.15) is 0 Å². The third-order valence-corrected chi connectivity index (χ3v) is 3.63. The monoisotopic (exact) mass is 308 g/mol. The van der Waals surface area contributed by atoms with E-state index in [1.54, 1.807) is 0 Å². The fourth-order valence-electron chi connectivity index (χ4n) is 2.32. The molecule has 0 bridgehead atoms. The van der Waals surface area contributed by atoms with Gasteiger partial charge in [-0.05, 0) is 12.1 Å². The number of nitrogens with zero attached hydrogens (tertiary/aromatic N) is 3. The summed E-state index contributed by atoms with van der Waals surface area (Å²) < 4.78 is 10.8. The molecule has 2 heterocycles. The minimum absolute atomic E-state index is 0.0778. The Kier molecular flexibility index (Phi) is 4.50. The first-order chi connectivity index (χ1) is 10.2. The third-order valence-electron chi connectivity index (χ3n) is 3.40. The lowest BCUT2D eigenvalue weighted by atomic mass is 10.2. The Morgan fingerprint density at radius 2 is 2.33 bits per heavy atom. The van der Waals surface area contributed by atoms with Gasteiger partial charge in [-0.1, -0.05) is 28.9 Å². The van der Waals surface area contributed by atoms with E-state index < -0.39 is 0 Å². The summed E-state index contributed by atoms with van der Waals surface area (Å²) in [6.45, 7) is 3.43. The maximum absolute atomic E-state index is 5.97. The highest BCUT2D eigenvalue weighted by molar-refractivity contribution is 6.30. The highest BCUT2D eigenvalue weighted by Crippen LogP contribution is 2.20. The first kappa shape index (κ1) is 14.5. The van der Waals surface area contributed by atoms with Crippen LogP contribution in [0.5, 0.6) is 0 Å². The molecule has 0 aliphatic carbocycles. The number of rotatable bonds is 4. The number of morpholine rings is 1. The van der Waals surface area contributed by atoms with Crippen molar-refractivity contribution in [3.63, 3.8) is 0 Å². The van der Waals surface area contributed by atoms with Crippen molar-refractivity contribution in [1.29, 1.82) is 0 Å². The number of halogens is 1. The Morgan fingerprint density at radius 3 is 3.14 bits per heavy atom. The van der Waals surface area contributed by atoms with E-state index in [2.05, 4.69) is 15.0 Å². The van der Waals surface area contributed by atoms with E-state index in [9.17, 15) is 0 Å². The van der Waals surface area contributed by atoms with Gasteiger partial charge in [-0.15, -0.1) is 0 Å². The average Bonchev–Trinajstić information content (AvgIpc) is 2.96. The van der Waals surface area contributed by atoms with Crippen molar-refractivity contribution in [1.82, 2.24) is 15.0 Å². The summed E-state index contributed by atoms with van der Waals surface area (Å²) >= 11 is 5.97. The molecule has 21 heavy (non-hydrogen) atoms. The third kappa shape index (κ3) is 3.59. The molecule has 0 radical (unpaired) electrons. The number of benzene rings is 1. The summed E-state index contributed by atoms with van der Waals surface area (Å²) in [5.41, 5.74) is 6.48. The van der Waals surface area contributed by atoms with E-state index in [0.29, 0.717) is 36.4 Å². The van der Waals surface area contributed by atoms with Gasteiger partial charge in [0.25, 0.3) is 0 Å². The topological polar surface area (TPSA) is 77.4 Å². The molecule has 2 aromatic rings. The van der Waals surface area contributed by atoms with Gasteiger partial charge in [0.2, 0.25) is 11.7 Å². The highest BCUT2D eigenvalue weighted by atomic mass is 35.5. The van der Waals surface area contributed by atoms with Gasteiger partial charge in [-0.25, -0.2) is 0 Å². The quantitative estimate of drug-likeness (QED) is 0.923. The average molecular weight is 309 g/mol. The molecule has 1 aromatic carbocycles. The van der Waals surface area contributed by atoms with Crippen LogP contribution in [0.25, 0.3) is 11.4 Å². The van der Waals surface area contributed by atoms with Crippen LogP contribution >= 0.6 is 11.6 Å². The van der Waals surface area contributed by atoms with Crippen molar-refractivity contribution in [2.75, 3.05) is 26.2 Å². The SMILES string of the molecule is NCC1CN(Cc2nc(-c3cccc(Cl)c3)no2)CCO1. The largest absolute Gasteiger partial charge is 0.374 e. The number of hydrogen-bond donors (Lipinski definition) is 1. The van der Waals surface area contributed by atoms with E-state index in [-0.39, 0.29) is 6.10 Å². The molecular weight excluding hydrogens is 292 g/mol. The molecule has 6 nitrogen and oxygen atoms in total. The van der Waals surface area contributed by atoms with Crippen molar-refractivity contribution in [3.8, 4) is 11.4 Å². The van der Waals surface area contributed by atoms with Gasteiger partial charge >= 0.3 is 0 Å². The second kappa shape index (κ2) is 6.53. The highest BCUT2D eigenvalue weighted by Gasteiger charge is 2.21. The number of nitrogens with two attached hydrogens (primary N) is 1. The van der Waals surface area contributed by atoms with E-state index in [0.717, 1.165) is 18.7 Å². The smallest absolute Gasteiger partial charge is 0.241 e. The van der Waals surface area contributed by atoms with Crippen LogP contribution in [0.4, 0.5) is 0 Å². The minimum Gasteiger partial charge on any atom is -0.374 e. The first-order valence-electron chi connectivity index (χ1n) is 6.87. The Morgan fingerprint density at radius 1 is 1.43 bits per heavy atom. The Bertz CT molecular complexity index is 604. The molecule has 0 amide bonds. The van der Waals surface area contributed by atoms with Gasteiger partial charge in [-0.3, -0.25) is 4.90 Å². The Balaban J connectivity index is 1.68. The van der Waals surface area contributed by atoms with Crippen LogP contribution in [0.2, 0.25) is 5.02 Å². The lowest BCUT2D eigenvalue weighted by Crippen LogP contribution is -2.45. The molecule has 1 saturated heterocycles. The van der Waals surface area contributed by atoms with E-state index in [4.69, 9.17) is 26.6 Å². The van der Waals surface area contributed by atoms with Crippen molar-refractivity contribution < 1.29 is 9.26 Å². The zero-order chi connectivity index (χ0) is 14.7. The van der Waals surface area contributed by atoms with Gasteiger partial charge in [0.15, 0.2) is 0 Å². The number of aromatic nitrogens is 2. The molecule has 112 valence electrons. The van der Waals surface area contributed by atoms with Crippen LogP contribution in [0.1, 0.15) is 5.89 Å². The van der Waals surface area contributed by atoms with Crippen LogP contribution in [-0.2, 0) is 11.3 Å². The van der Waals surface area contributed by atoms with E-state index >= 15 is 0 Å². The number of hydrogen-bond acceptors (Lipinski definition) is 6. The predicted octanol–water partition coefficient (Wildman–Crippen LogP) is 1.55. The molecule has 0 saturated carbocycles. The molecule has 7 heteroatoms. The maximum atomic E-state index is 5.97. The van der Waals surface area contributed by atoms with E-state index in [1.807, 2.05) is 24.3 Å². The molecule has 1 aliphatic rings. The van der Waals surface area contributed by atoms with Gasteiger partial charge in [0, 0.05) is 30.2 Å². The molecule has 0 spiro atoms. The van der Waals surface area contributed by atoms with Crippen LogP contribution in [0.3, 0.4) is 0 Å². The summed E-state index contributed by atoms with van der Waals surface area (Å²) in [5.74, 6) is 1.14. The molecule has 1 fully saturated rings. The summed E-state index contributed by atoms with van der Waals surface area (Å²) in [5, 5.41) is 4.66. The van der Waals surface area contributed by atoms with Crippen molar-refractivity contribution in [2.24, 2.45) is 5.73 Å². The summed E-state index contributed by atoms with van der Waals surface area (Å²) in [4.78, 5) is 6.62. The van der Waals surface area contributed by atoms with Crippen molar-refractivity contribution >= 4 is 11.6 Å². The molecule has 2 N–H and O–H groups in total. The molecule has 1 aliphatic heterocycles. The van der Waals surface area contributed by atoms with Crippen LogP contribution in [0, 0.1) is 0 Å². The van der Waals surface area contributed by atoms with Crippen molar-refractivity contribution in [3.05, 3.63) is 35.2 Å². The van der Waals surface area contributed by atoms with Gasteiger partial charge in [0.05, 0.1) is 19.3 Å². The Labute approximate surface area is 127 Å². The second-order valence-electron chi connectivity index (χ2n) is 4.99. The van der Waals surface area contributed by atoms with Gasteiger partial charge in [-0.2, -0.15) is 4.98 Å². The fourth-order valence-corrected chi connectivity index (χ4v) is 2.51. The zero-order valence-corrected chi connectivity index (χ0v) is 12.3. The van der Waals surface area contributed by atoms with E-state index in [1.165, 1.54) is 0 Å². The second-order valence-corrected chi connectivity index (χ2v) is 5.42. The molecular formula is C14H17ClN4O2. The predicted molar refractivity (Wildman–Crippen MR) is 78.8 cm³/mol. The van der Waals surface area contributed by atoms with Crippen molar-refractivity contribution in [2.45, 2.75) is 12.6 Å². The Hall–Kier alpha value is -1.47. The van der Waals surface area contributed by atoms with Crippen LogP contribution in [0.15, 0.2) is 28.8 Å². The molecule has 3 rings (SSSR count). The molecule has 1 aromatic heterocycles. The van der Waals surface area contributed by atoms with Crippen LogP contribution < -0.4 is 5.73 Å². The lowest BCUT2D eigenvalue weighted by Gasteiger charge is -2.31. The summed E-state index contributed by atoms with van der Waals surface area (Å²) in [6, 6.07) is 7.39.